The number of hydrogen-bond donors (Lipinski definition) is 0. The summed E-state index contributed by atoms with van der Waals surface area (Å²) in [5, 5.41) is 4.86. The second-order valence-electron chi connectivity index (χ2n) is 13.1. The number of benzene rings is 6. The first-order valence-electron chi connectivity index (χ1n) is 17.1. The van der Waals surface area contributed by atoms with Crippen LogP contribution in [-0.4, -0.2) is 19.1 Å². The minimum absolute atomic E-state index is 0.855. The molecule has 0 unspecified atom stereocenters. The highest BCUT2D eigenvalue weighted by Crippen LogP contribution is 2.50. The highest BCUT2D eigenvalue weighted by Gasteiger charge is 2.28. The molecular formula is C46H28N4O. The van der Waals surface area contributed by atoms with Gasteiger partial charge in [0.2, 0.25) is 0 Å². The lowest BCUT2D eigenvalue weighted by molar-refractivity contribution is 0.477. The predicted molar refractivity (Wildman–Crippen MR) is 207 cm³/mol. The van der Waals surface area contributed by atoms with Gasteiger partial charge in [0.15, 0.2) is 11.5 Å². The molecule has 5 heteroatoms. The van der Waals surface area contributed by atoms with E-state index < -0.39 is 0 Å². The molecule has 5 nitrogen and oxygen atoms in total. The summed E-state index contributed by atoms with van der Waals surface area (Å²) in [6, 6.07) is 53.7. The second-order valence-corrected chi connectivity index (χ2v) is 13.1. The first kappa shape index (κ1) is 27.9. The molecule has 0 amide bonds. The van der Waals surface area contributed by atoms with Gasteiger partial charge in [0.05, 0.1) is 33.4 Å². The van der Waals surface area contributed by atoms with Gasteiger partial charge in [-0.05, 0) is 89.5 Å². The van der Waals surface area contributed by atoms with Crippen molar-refractivity contribution in [1.82, 2.24) is 19.1 Å². The lowest BCUT2D eigenvalue weighted by Crippen LogP contribution is -2.04. The van der Waals surface area contributed by atoms with Gasteiger partial charge in [0.1, 0.15) is 0 Å². The molecule has 238 valence electrons. The Hall–Kier alpha value is -6.98. The van der Waals surface area contributed by atoms with Crippen LogP contribution in [0.25, 0.3) is 88.5 Å². The third kappa shape index (κ3) is 4.15. The number of para-hydroxylation sites is 4. The summed E-state index contributed by atoms with van der Waals surface area (Å²) >= 11 is 0. The second kappa shape index (κ2) is 10.8. The summed E-state index contributed by atoms with van der Waals surface area (Å²) in [6.45, 7) is 0. The minimum atomic E-state index is 0.855. The molecule has 10 aromatic rings. The van der Waals surface area contributed by atoms with Gasteiger partial charge in [0.25, 0.3) is 0 Å². The van der Waals surface area contributed by atoms with E-state index in [-0.39, 0.29) is 0 Å². The predicted octanol–water partition coefficient (Wildman–Crippen LogP) is 11.8. The molecule has 0 radical (unpaired) electrons. The van der Waals surface area contributed by atoms with Crippen LogP contribution in [-0.2, 0) is 0 Å². The molecule has 51 heavy (non-hydrogen) atoms. The van der Waals surface area contributed by atoms with Crippen LogP contribution in [0.15, 0.2) is 170 Å². The van der Waals surface area contributed by atoms with Crippen LogP contribution in [0.1, 0.15) is 0 Å². The first-order valence-corrected chi connectivity index (χ1v) is 17.1. The van der Waals surface area contributed by atoms with E-state index in [1.54, 1.807) is 0 Å². The Morgan fingerprint density at radius 2 is 1.18 bits per heavy atom. The van der Waals surface area contributed by atoms with Gasteiger partial charge in [0, 0.05) is 63.0 Å². The normalized spacial score (nSPS) is 12.1. The number of ether oxygens (including phenoxy) is 1. The molecule has 6 aromatic carbocycles. The van der Waals surface area contributed by atoms with Gasteiger partial charge < -0.3 is 13.9 Å². The maximum atomic E-state index is 6.73. The molecule has 0 spiro atoms. The lowest BCUT2D eigenvalue weighted by atomic mass is 9.95. The largest absolute Gasteiger partial charge is 0.453 e. The summed E-state index contributed by atoms with van der Waals surface area (Å²) in [5.74, 6) is 1.71. The standard InChI is InChI=1S/C46H28N4O/c1-3-17-38-35(14-1)44-41(27-43-46-45(44)36-15-2-4-18-39(36)50(46)40-19-5-6-20-42(40)51-43)49(38)34-13-9-11-29(26-34)31-23-32(30-12-10-21-47-28-30)25-33(24-31)37-16-7-8-22-48-37/h1-28H. The Labute approximate surface area is 293 Å². The summed E-state index contributed by atoms with van der Waals surface area (Å²) in [4.78, 5) is 9.11. The number of aromatic nitrogens is 4. The SMILES string of the molecule is c1ccc(-c2cc(-c3cccnc3)cc(-c3cccc(-n4c5ccccc5c5c6c7ccccc7n7c6c(cc54)Oc4ccccc4-7)c3)c2)nc1. The third-order valence-corrected chi connectivity index (χ3v) is 10.2. The smallest absolute Gasteiger partial charge is 0.154 e. The van der Waals surface area contributed by atoms with Gasteiger partial charge >= 0.3 is 0 Å². The average Bonchev–Trinajstić information content (AvgIpc) is 3.72. The molecule has 0 N–H and O–H groups in total. The molecule has 5 heterocycles. The van der Waals surface area contributed by atoms with Crippen molar-refractivity contribution in [2.45, 2.75) is 0 Å². The molecule has 11 rings (SSSR count). The summed E-state index contributed by atoms with van der Waals surface area (Å²) in [7, 11) is 0. The van der Waals surface area contributed by atoms with E-state index in [0.29, 0.717) is 0 Å². The topological polar surface area (TPSA) is 44.9 Å². The number of hydrogen-bond acceptors (Lipinski definition) is 3. The van der Waals surface area contributed by atoms with E-state index in [2.05, 4.69) is 142 Å². The van der Waals surface area contributed by atoms with Crippen molar-refractivity contribution in [3.63, 3.8) is 0 Å². The molecule has 0 saturated heterocycles. The average molecular weight is 653 g/mol. The van der Waals surface area contributed by atoms with E-state index in [9.17, 15) is 0 Å². The van der Waals surface area contributed by atoms with Crippen molar-refractivity contribution < 1.29 is 4.74 Å². The van der Waals surface area contributed by atoms with Crippen molar-refractivity contribution in [3.8, 4) is 56.4 Å². The van der Waals surface area contributed by atoms with Crippen molar-refractivity contribution in [2.24, 2.45) is 0 Å². The van der Waals surface area contributed by atoms with Crippen LogP contribution in [0.3, 0.4) is 0 Å². The van der Waals surface area contributed by atoms with E-state index in [0.717, 1.165) is 72.9 Å². The van der Waals surface area contributed by atoms with E-state index in [4.69, 9.17) is 9.72 Å². The summed E-state index contributed by atoms with van der Waals surface area (Å²) in [6.07, 6.45) is 5.57. The number of fused-ring (bicyclic) bond motifs is 9. The highest BCUT2D eigenvalue weighted by molar-refractivity contribution is 6.30. The number of rotatable bonds is 4. The fraction of sp³-hybridized carbons (Fsp3) is 0. The minimum Gasteiger partial charge on any atom is -0.453 e. The molecule has 4 aromatic heterocycles. The molecular weight excluding hydrogens is 625 g/mol. The molecule has 1 aliphatic rings. The molecule has 1 aliphatic heterocycles. The van der Waals surface area contributed by atoms with Gasteiger partial charge in [-0.2, -0.15) is 0 Å². The quantitative estimate of drug-likeness (QED) is 0.190. The third-order valence-electron chi connectivity index (χ3n) is 10.2. The van der Waals surface area contributed by atoms with Crippen molar-refractivity contribution in [2.75, 3.05) is 0 Å². The fourth-order valence-corrected chi connectivity index (χ4v) is 8.03. The Balaban J connectivity index is 1.18. The van der Waals surface area contributed by atoms with Crippen LogP contribution in [0.4, 0.5) is 0 Å². The molecule has 0 bridgehead atoms. The van der Waals surface area contributed by atoms with Gasteiger partial charge in [-0.25, -0.2) is 0 Å². The van der Waals surface area contributed by atoms with Crippen molar-refractivity contribution in [3.05, 3.63) is 170 Å². The van der Waals surface area contributed by atoms with E-state index in [1.165, 1.54) is 27.1 Å². The van der Waals surface area contributed by atoms with Gasteiger partial charge in [-0.3, -0.25) is 9.97 Å². The van der Waals surface area contributed by atoms with Gasteiger partial charge in [-0.15, -0.1) is 0 Å². The molecule has 0 aliphatic carbocycles. The van der Waals surface area contributed by atoms with Crippen LogP contribution in [0.5, 0.6) is 11.5 Å². The lowest BCUT2D eigenvalue weighted by Gasteiger charge is -2.21. The highest BCUT2D eigenvalue weighted by atomic mass is 16.5. The Morgan fingerprint density at radius 3 is 2.00 bits per heavy atom. The Bertz CT molecular complexity index is 2940. The zero-order valence-corrected chi connectivity index (χ0v) is 27.4. The van der Waals surface area contributed by atoms with Crippen molar-refractivity contribution in [1.29, 1.82) is 0 Å². The molecule has 0 fully saturated rings. The van der Waals surface area contributed by atoms with Crippen LogP contribution in [0.2, 0.25) is 0 Å². The summed E-state index contributed by atoms with van der Waals surface area (Å²) < 4.78 is 11.5. The van der Waals surface area contributed by atoms with Crippen LogP contribution in [0, 0.1) is 0 Å². The van der Waals surface area contributed by atoms with Crippen molar-refractivity contribution >= 4 is 43.6 Å². The van der Waals surface area contributed by atoms with E-state index in [1.807, 2.05) is 42.9 Å². The maximum Gasteiger partial charge on any atom is 0.154 e. The Kier molecular flexibility index (Phi) is 5.89. The Morgan fingerprint density at radius 1 is 0.451 bits per heavy atom. The van der Waals surface area contributed by atoms with Crippen LogP contribution >= 0.6 is 0 Å². The van der Waals surface area contributed by atoms with E-state index >= 15 is 0 Å². The maximum absolute atomic E-state index is 6.73. The van der Waals surface area contributed by atoms with Crippen LogP contribution < -0.4 is 4.74 Å². The van der Waals surface area contributed by atoms with Gasteiger partial charge in [-0.1, -0.05) is 72.8 Å². The first-order chi connectivity index (χ1) is 25.3. The zero-order valence-electron chi connectivity index (χ0n) is 27.4. The summed E-state index contributed by atoms with van der Waals surface area (Å²) in [5.41, 5.74) is 13.1. The molecule has 0 atom stereocenters. The monoisotopic (exact) mass is 652 g/mol. The molecule has 0 saturated carbocycles. The fourth-order valence-electron chi connectivity index (χ4n) is 8.03. The zero-order chi connectivity index (χ0) is 33.5. The number of nitrogens with zero attached hydrogens (tertiary/aromatic N) is 4. The number of pyridine rings is 2.